The monoisotopic (exact) mass is 233 g/mol. The maximum atomic E-state index is 11.2. The van der Waals surface area contributed by atoms with E-state index in [2.05, 4.69) is 15.3 Å². The van der Waals surface area contributed by atoms with Crippen LogP contribution in [-0.4, -0.2) is 27.6 Å². The Morgan fingerprint density at radius 3 is 2.94 bits per heavy atom. The molecular formula is C12H15N3O2. The zero-order chi connectivity index (χ0) is 11.8. The van der Waals surface area contributed by atoms with E-state index in [0.717, 1.165) is 24.2 Å². The Bertz CT molecular complexity index is 469. The number of carboxylic acid groups (broad SMARTS) is 1. The summed E-state index contributed by atoms with van der Waals surface area (Å²) in [7, 11) is 0. The van der Waals surface area contributed by atoms with E-state index in [9.17, 15) is 9.90 Å². The fourth-order valence-electron chi connectivity index (χ4n) is 2.26. The summed E-state index contributed by atoms with van der Waals surface area (Å²) in [6, 6.07) is 0. The Kier molecular flexibility index (Phi) is 2.55. The Morgan fingerprint density at radius 2 is 2.24 bits per heavy atom. The van der Waals surface area contributed by atoms with Crippen LogP contribution in [0.15, 0.2) is 0 Å². The van der Waals surface area contributed by atoms with Crippen molar-refractivity contribution in [1.82, 2.24) is 15.3 Å². The van der Waals surface area contributed by atoms with E-state index in [4.69, 9.17) is 0 Å². The molecule has 90 valence electrons. The van der Waals surface area contributed by atoms with Crippen molar-refractivity contribution >= 4 is 5.97 Å². The number of nitrogens with zero attached hydrogens (tertiary/aromatic N) is 2. The standard InChI is InChI=1S/C12H15N3O2/c16-12(17)11-8-3-4-13-6-9(8)14-10(15-11)5-7-1-2-7/h7,13H,1-6H2,(H,16,17). The first kappa shape index (κ1) is 10.7. The maximum Gasteiger partial charge on any atom is 0.354 e. The molecule has 2 aliphatic rings. The second-order valence-electron chi connectivity index (χ2n) is 4.79. The van der Waals surface area contributed by atoms with Gasteiger partial charge >= 0.3 is 5.97 Å². The lowest BCUT2D eigenvalue weighted by Gasteiger charge is -2.18. The molecule has 0 bridgehead atoms. The van der Waals surface area contributed by atoms with E-state index in [-0.39, 0.29) is 5.69 Å². The van der Waals surface area contributed by atoms with Gasteiger partial charge in [-0.2, -0.15) is 0 Å². The van der Waals surface area contributed by atoms with Crippen LogP contribution in [0.5, 0.6) is 0 Å². The highest BCUT2D eigenvalue weighted by atomic mass is 16.4. The normalized spacial score (nSPS) is 18.8. The van der Waals surface area contributed by atoms with Gasteiger partial charge in [-0.3, -0.25) is 0 Å². The van der Waals surface area contributed by atoms with E-state index >= 15 is 0 Å². The van der Waals surface area contributed by atoms with E-state index in [1.807, 2.05) is 0 Å². The average molecular weight is 233 g/mol. The number of hydrogen-bond acceptors (Lipinski definition) is 4. The molecule has 1 aliphatic carbocycles. The molecule has 0 amide bonds. The van der Waals surface area contributed by atoms with Gasteiger partial charge in [0.05, 0.1) is 5.69 Å². The Labute approximate surface area is 99.3 Å². The minimum Gasteiger partial charge on any atom is -0.477 e. The first-order chi connectivity index (χ1) is 8.24. The Balaban J connectivity index is 2.00. The Hall–Kier alpha value is -1.49. The highest BCUT2D eigenvalue weighted by molar-refractivity contribution is 5.87. The largest absolute Gasteiger partial charge is 0.477 e. The van der Waals surface area contributed by atoms with Crippen LogP contribution in [0.4, 0.5) is 0 Å². The number of aromatic carboxylic acids is 1. The number of fused-ring (bicyclic) bond motifs is 1. The predicted molar refractivity (Wildman–Crippen MR) is 60.8 cm³/mol. The molecule has 1 aromatic heterocycles. The summed E-state index contributed by atoms with van der Waals surface area (Å²) in [5.74, 6) is 0.446. The maximum absolute atomic E-state index is 11.2. The van der Waals surface area contributed by atoms with Crippen LogP contribution in [0.1, 0.15) is 40.4 Å². The SMILES string of the molecule is O=C(O)c1nc(CC2CC2)nc2c1CCNC2. The zero-order valence-corrected chi connectivity index (χ0v) is 9.57. The lowest BCUT2D eigenvalue weighted by Crippen LogP contribution is -2.28. The van der Waals surface area contributed by atoms with Gasteiger partial charge in [-0.15, -0.1) is 0 Å². The van der Waals surface area contributed by atoms with Crippen LogP contribution in [0.2, 0.25) is 0 Å². The summed E-state index contributed by atoms with van der Waals surface area (Å²) in [5, 5.41) is 12.4. The summed E-state index contributed by atoms with van der Waals surface area (Å²) >= 11 is 0. The first-order valence-electron chi connectivity index (χ1n) is 6.06. The molecule has 0 atom stereocenters. The molecule has 5 nitrogen and oxygen atoms in total. The lowest BCUT2D eigenvalue weighted by molar-refractivity contribution is 0.0688. The van der Waals surface area contributed by atoms with E-state index in [0.29, 0.717) is 24.7 Å². The smallest absolute Gasteiger partial charge is 0.354 e. The fourth-order valence-corrected chi connectivity index (χ4v) is 2.26. The zero-order valence-electron chi connectivity index (χ0n) is 9.57. The molecule has 1 aliphatic heterocycles. The van der Waals surface area contributed by atoms with E-state index < -0.39 is 5.97 Å². The van der Waals surface area contributed by atoms with Gasteiger partial charge in [0.15, 0.2) is 5.69 Å². The van der Waals surface area contributed by atoms with Gasteiger partial charge in [0.25, 0.3) is 0 Å². The van der Waals surface area contributed by atoms with Crippen molar-refractivity contribution in [1.29, 1.82) is 0 Å². The number of hydrogen-bond donors (Lipinski definition) is 2. The van der Waals surface area contributed by atoms with Crippen molar-refractivity contribution in [3.05, 3.63) is 22.8 Å². The van der Waals surface area contributed by atoms with E-state index in [1.165, 1.54) is 12.8 Å². The first-order valence-corrected chi connectivity index (χ1v) is 6.06. The van der Waals surface area contributed by atoms with Crippen LogP contribution in [0, 0.1) is 5.92 Å². The van der Waals surface area contributed by atoms with Crippen molar-refractivity contribution in [3.63, 3.8) is 0 Å². The predicted octanol–water partition coefficient (Wildman–Crippen LogP) is 0.773. The number of rotatable bonds is 3. The van der Waals surface area contributed by atoms with Crippen molar-refractivity contribution in [2.45, 2.75) is 32.2 Å². The summed E-state index contributed by atoms with van der Waals surface area (Å²) in [4.78, 5) is 19.9. The number of nitrogens with one attached hydrogen (secondary N) is 1. The summed E-state index contributed by atoms with van der Waals surface area (Å²) in [6.07, 6.45) is 3.98. The fraction of sp³-hybridized carbons (Fsp3) is 0.583. The van der Waals surface area contributed by atoms with Gasteiger partial charge in [0.2, 0.25) is 0 Å². The third kappa shape index (κ3) is 2.15. The quantitative estimate of drug-likeness (QED) is 0.806. The summed E-state index contributed by atoms with van der Waals surface area (Å²) in [6.45, 7) is 1.47. The topological polar surface area (TPSA) is 75.1 Å². The van der Waals surface area contributed by atoms with Gasteiger partial charge in [0.1, 0.15) is 5.82 Å². The van der Waals surface area contributed by atoms with Gasteiger partial charge in [-0.05, 0) is 31.7 Å². The van der Waals surface area contributed by atoms with Crippen LogP contribution >= 0.6 is 0 Å². The molecule has 0 radical (unpaired) electrons. The highest BCUT2D eigenvalue weighted by Crippen LogP contribution is 2.32. The molecule has 0 unspecified atom stereocenters. The number of carbonyl (C=O) groups is 1. The molecule has 2 N–H and O–H groups in total. The molecule has 2 heterocycles. The molecule has 0 spiro atoms. The van der Waals surface area contributed by atoms with Crippen molar-refractivity contribution in [2.75, 3.05) is 6.54 Å². The van der Waals surface area contributed by atoms with Crippen molar-refractivity contribution in [3.8, 4) is 0 Å². The number of carboxylic acids is 1. The van der Waals surface area contributed by atoms with Crippen LogP contribution in [-0.2, 0) is 19.4 Å². The second kappa shape index (κ2) is 4.07. The van der Waals surface area contributed by atoms with Crippen molar-refractivity contribution in [2.24, 2.45) is 5.92 Å². The minimum atomic E-state index is -0.928. The van der Waals surface area contributed by atoms with Crippen LogP contribution in [0.25, 0.3) is 0 Å². The molecule has 3 rings (SSSR count). The molecule has 5 heteroatoms. The van der Waals surface area contributed by atoms with E-state index in [1.54, 1.807) is 0 Å². The third-order valence-corrected chi connectivity index (χ3v) is 3.35. The Morgan fingerprint density at radius 1 is 1.41 bits per heavy atom. The summed E-state index contributed by atoms with van der Waals surface area (Å²) < 4.78 is 0. The van der Waals surface area contributed by atoms with Crippen LogP contribution < -0.4 is 5.32 Å². The van der Waals surface area contributed by atoms with Gasteiger partial charge in [-0.1, -0.05) is 0 Å². The van der Waals surface area contributed by atoms with Crippen molar-refractivity contribution < 1.29 is 9.90 Å². The molecule has 1 saturated carbocycles. The molecule has 0 saturated heterocycles. The molecule has 0 aromatic carbocycles. The molecule has 1 aromatic rings. The molecular weight excluding hydrogens is 218 g/mol. The summed E-state index contributed by atoms with van der Waals surface area (Å²) in [5.41, 5.74) is 1.90. The molecule has 17 heavy (non-hydrogen) atoms. The number of aromatic nitrogens is 2. The van der Waals surface area contributed by atoms with Gasteiger partial charge < -0.3 is 10.4 Å². The van der Waals surface area contributed by atoms with Gasteiger partial charge in [-0.25, -0.2) is 14.8 Å². The lowest BCUT2D eigenvalue weighted by atomic mass is 10.0. The van der Waals surface area contributed by atoms with Crippen LogP contribution in [0.3, 0.4) is 0 Å². The van der Waals surface area contributed by atoms with Gasteiger partial charge in [0, 0.05) is 18.5 Å². The minimum absolute atomic E-state index is 0.215. The average Bonchev–Trinajstić information content (AvgIpc) is 3.11. The molecule has 1 fully saturated rings. The highest BCUT2D eigenvalue weighted by Gasteiger charge is 2.26. The third-order valence-electron chi connectivity index (χ3n) is 3.35. The second-order valence-corrected chi connectivity index (χ2v) is 4.79.